The third-order valence-corrected chi connectivity index (χ3v) is 6.70. The van der Waals surface area contributed by atoms with Gasteiger partial charge in [0.25, 0.3) is 0 Å². The van der Waals surface area contributed by atoms with Gasteiger partial charge in [0.1, 0.15) is 24.4 Å². The average Bonchev–Trinajstić information content (AvgIpc) is 3.03. The Bertz CT molecular complexity index is 1100. The van der Waals surface area contributed by atoms with Gasteiger partial charge in [0.2, 0.25) is 0 Å². The number of hydrogen-bond donors (Lipinski definition) is 1. The first-order valence-electron chi connectivity index (χ1n) is 11.7. The zero-order valence-corrected chi connectivity index (χ0v) is 19.5. The topological polar surface area (TPSA) is 55.8 Å². The molecular formula is C29H32O4. The summed E-state index contributed by atoms with van der Waals surface area (Å²) in [5, 5.41) is 10.2. The molecule has 0 bridgehead atoms. The first kappa shape index (κ1) is 23.1. The lowest BCUT2D eigenvalue weighted by Gasteiger charge is -2.36. The van der Waals surface area contributed by atoms with Gasteiger partial charge in [-0.05, 0) is 97.7 Å². The highest BCUT2D eigenvalue weighted by Crippen LogP contribution is 2.35. The van der Waals surface area contributed by atoms with Gasteiger partial charge < -0.3 is 14.6 Å². The second-order valence-electron chi connectivity index (χ2n) is 9.03. The van der Waals surface area contributed by atoms with Crippen molar-refractivity contribution < 1.29 is 19.4 Å². The molecule has 0 amide bonds. The van der Waals surface area contributed by atoms with Crippen LogP contribution < -0.4 is 4.74 Å². The molecule has 2 aromatic carbocycles. The number of aliphatic hydroxyl groups is 1. The van der Waals surface area contributed by atoms with Gasteiger partial charge in [-0.2, -0.15) is 0 Å². The summed E-state index contributed by atoms with van der Waals surface area (Å²) in [4.78, 5) is 11.0. The van der Waals surface area contributed by atoms with Crippen LogP contribution in [0.1, 0.15) is 48.8 Å². The van der Waals surface area contributed by atoms with E-state index in [1.165, 1.54) is 16.7 Å². The lowest BCUT2D eigenvalue weighted by atomic mass is 9.78. The van der Waals surface area contributed by atoms with E-state index >= 15 is 0 Å². The summed E-state index contributed by atoms with van der Waals surface area (Å²) in [7, 11) is 0. The molecule has 0 atom stereocenters. The van der Waals surface area contributed by atoms with Gasteiger partial charge in [-0.25, -0.2) is 0 Å². The number of benzene rings is 2. The van der Waals surface area contributed by atoms with Crippen molar-refractivity contribution in [2.24, 2.45) is 0 Å². The fourth-order valence-corrected chi connectivity index (χ4v) is 4.33. The zero-order valence-electron chi connectivity index (χ0n) is 19.5. The van der Waals surface area contributed by atoms with Gasteiger partial charge in [-0.15, -0.1) is 0 Å². The van der Waals surface area contributed by atoms with Crippen LogP contribution in [0.3, 0.4) is 0 Å². The first-order chi connectivity index (χ1) is 16.0. The number of aryl methyl sites for hydroxylation is 1. The molecule has 172 valence electrons. The van der Waals surface area contributed by atoms with E-state index in [9.17, 15) is 9.90 Å². The second-order valence-corrected chi connectivity index (χ2v) is 9.03. The minimum absolute atomic E-state index is 0.468. The number of aldehydes is 1. The Morgan fingerprint density at radius 2 is 1.88 bits per heavy atom. The Morgan fingerprint density at radius 3 is 2.61 bits per heavy atom. The summed E-state index contributed by atoms with van der Waals surface area (Å²) in [6.45, 7) is 5.23. The molecule has 0 heterocycles. The van der Waals surface area contributed by atoms with E-state index in [1.807, 2.05) is 24.3 Å². The number of carbonyl (C=O) groups is 1. The summed E-state index contributed by atoms with van der Waals surface area (Å²) in [5.41, 5.74) is 5.98. The molecule has 2 aromatic rings. The molecule has 1 saturated carbocycles. The quantitative estimate of drug-likeness (QED) is 0.472. The molecule has 0 aromatic heterocycles. The standard InChI is InChI=1S/C29H32O4/c1-21-18-26(32-17-16-29(31)14-5-15-29)12-13-27(21)28-9-4-7-24(22(28)2)20-33-25-8-3-6-23(19-30)10-11-25/h4,6-13,18-19,31H,3,5,14-17,20H2,1-2H3. The minimum atomic E-state index is -0.509. The van der Waals surface area contributed by atoms with E-state index in [-0.39, 0.29) is 0 Å². The highest BCUT2D eigenvalue weighted by molar-refractivity contribution is 5.78. The van der Waals surface area contributed by atoms with Crippen LogP contribution in [-0.2, 0) is 16.1 Å². The molecule has 0 aliphatic heterocycles. The van der Waals surface area contributed by atoms with Crippen molar-refractivity contribution in [1.82, 2.24) is 0 Å². The largest absolute Gasteiger partial charge is 0.493 e. The van der Waals surface area contributed by atoms with Crippen molar-refractivity contribution in [3.8, 4) is 16.9 Å². The average molecular weight is 445 g/mol. The molecule has 4 rings (SSSR count). The van der Waals surface area contributed by atoms with Gasteiger partial charge in [0, 0.05) is 12.0 Å². The smallest absolute Gasteiger partial charge is 0.149 e. The van der Waals surface area contributed by atoms with Crippen molar-refractivity contribution in [2.75, 3.05) is 6.61 Å². The molecule has 1 N–H and O–H groups in total. The van der Waals surface area contributed by atoms with Gasteiger partial charge in [0.15, 0.2) is 0 Å². The van der Waals surface area contributed by atoms with Crippen LogP contribution in [-0.4, -0.2) is 23.6 Å². The van der Waals surface area contributed by atoms with Gasteiger partial charge >= 0.3 is 0 Å². The van der Waals surface area contributed by atoms with Gasteiger partial charge in [-0.3, -0.25) is 4.79 Å². The fraction of sp³-hybridized carbons (Fsp3) is 0.345. The molecule has 33 heavy (non-hydrogen) atoms. The molecule has 0 unspecified atom stereocenters. The summed E-state index contributed by atoms with van der Waals surface area (Å²) in [5.74, 6) is 1.61. The molecule has 4 nitrogen and oxygen atoms in total. The predicted molar refractivity (Wildman–Crippen MR) is 131 cm³/mol. The maximum atomic E-state index is 11.0. The summed E-state index contributed by atoms with van der Waals surface area (Å²) in [6, 6.07) is 12.5. The monoisotopic (exact) mass is 444 g/mol. The molecular weight excluding hydrogens is 412 g/mol. The third kappa shape index (κ3) is 5.63. The van der Waals surface area contributed by atoms with Crippen LogP contribution in [0.2, 0.25) is 0 Å². The minimum Gasteiger partial charge on any atom is -0.493 e. The van der Waals surface area contributed by atoms with E-state index in [1.54, 1.807) is 6.08 Å². The molecule has 0 saturated heterocycles. The highest BCUT2D eigenvalue weighted by Gasteiger charge is 2.33. The van der Waals surface area contributed by atoms with Crippen molar-refractivity contribution in [3.05, 3.63) is 88.7 Å². The first-order valence-corrected chi connectivity index (χ1v) is 11.7. The normalized spacial score (nSPS) is 16.8. The summed E-state index contributed by atoms with van der Waals surface area (Å²) in [6.07, 6.45) is 12.6. The summed E-state index contributed by atoms with van der Waals surface area (Å²) < 4.78 is 11.9. The van der Waals surface area contributed by atoms with Crippen LogP contribution in [0.25, 0.3) is 11.1 Å². The van der Waals surface area contributed by atoms with Crippen molar-refractivity contribution >= 4 is 6.29 Å². The number of rotatable bonds is 9. The number of hydrogen-bond acceptors (Lipinski definition) is 4. The fourth-order valence-electron chi connectivity index (χ4n) is 4.33. The van der Waals surface area contributed by atoms with Crippen LogP contribution in [0.4, 0.5) is 0 Å². The Balaban J connectivity index is 1.42. The maximum absolute atomic E-state index is 11.0. The van der Waals surface area contributed by atoms with Crippen molar-refractivity contribution in [2.45, 2.75) is 58.2 Å². The van der Waals surface area contributed by atoms with Crippen LogP contribution in [0, 0.1) is 13.8 Å². The van der Waals surface area contributed by atoms with E-state index in [0.29, 0.717) is 31.6 Å². The zero-order chi connectivity index (χ0) is 23.3. The van der Waals surface area contributed by atoms with Gasteiger partial charge in [0.05, 0.1) is 12.2 Å². The molecule has 1 fully saturated rings. The second kappa shape index (κ2) is 10.2. The number of allylic oxidation sites excluding steroid dienone is 5. The maximum Gasteiger partial charge on any atom is 0.149 e. The Labute approximate surface area is 196 Å². The van der Waals surface area contributed by atoms with Crippen molar-refractivity contribution in [1.29, 1.82) is 0 Å². The predicted octanol–water partition coefficient (Wildman–Crippen LogP) is 6.14. The molecule has 0 radical (unpaired) electrons. The third-order valence-electron chi connectivity index (χ3n) is 6.70. The van der Waals surface area contributed by atoms with Crippen LogP contribution in [0.15, 0.2) is 72.0 Å². The Hall–Kier alpha value is -3.11. The highest BCUT2D eigenvalue weighted by atomic mass is 16.5. The van der Waals surface area contributed by atoms with E-state index < -0.39 is 5.60 Å². The lowest BCUT2D eigenvalue weighted by molar-refractivity contribution is -0.104. The van der Waals surface area contributed by atoms with Crippen LogP contribution in [0.5, 0.6) is 5.75 Å². The molecule has 4 heteroatoms. The SMILES string of the molecule is Cc1cc(OCCC2(O)CCC2)ccc1-c1cccc(COC2=CCC=C(C=O)C=C2)c1C. The molecule has 2 aliphatic carbocycles. The lowest BCUT2D eigenvalue weighted by Crippen LogP contribution is -2.38. The summed E-state index contributed by atoms with van der Waals surface area (Å²) >= 11 is 0. The Morgan fingerprint density at radius 1 is 1.03 bits per heavy atom. The number of carbonyl (C=O) groups excluding carboxylic acids is 1. The van der Waals surface area contributed by atoms with Crippen molar-refractivity contribution in [3.63, 3.8) is 0 Å². The van der Waals surface area contributed by atoms with E-state index in [2.05, 4.69) is 44.2 Å². The van der Waals surface area contributed by atoms with E-state index in [0.717, 1.165) is 48.2 Å². The van der Waals surface area contributed by atoms with Crippen LogP contribution >= 0.6 is 0 Å². The van der Waals surface area contributed by atoms with E-state index in [4.69, 9.17) is 9.47 Å². The number of ether oxygens (including phenoxy) is 2. The Kier molecular flexibility index (Phi) is 7.14. The molecule has 0 spiro atoms. The van der Waals surface area contributed by atoms with Gasteiger partial charge in [-0.1, -0.05) is 30.3 Å². The molecule has 2 aliphatic rings.